The van der Waals surface area contributed by atoms with E-state index >= 15 is 0 Å². The van der Waals surface area contributed by atoms with Crippen molar-refractivity contribution in [1.82, 2.24) is 20.4 Å². The van der Waals surface area contributed by atoms with Crippen molar-refractivity contribution in [1.29, 1.82) is 0 Å². The molecule has 1 heterocycles. The summed E-state index contributed by atoms with van der Waals surface area (Å²) in [6, 6.07) is 15.3. The van der Waals surface area contributed by atoms with Crippen molar-refractivity contribution >= 4 is 35.6 Å². The summed E-state index contributed by atoms with van der Waals surface area (Å²) in [5, 5.41) is 9.64. The maximum absolute atomic E-state index is 12.6. The molecule has 1 aromatic heterocycles. The number of carbonyl (C=O) groups is 3. The van der Waals surface area contributed by atoms with Crippen molar-refractivity contribution in [2.75, 3.05) is 7.05 Å². The number of halogens is 1. The molecular weight excluding hydrogens is 456 g/mol. The molecule has 2 N–H and O–H groups in total. The molecule has 3 aromatic rings. The monoisotopic (exact) mass is 480 g/mol. The molecule has 0 bridgehead atoms. The Labute approximate surface area is 202 Å². The minimum absolute atomic E-state index is 0.436. The predicted molar refractivity (Wildman–Crippen MR) is 129 cm³/mol. The zero-order valence-electron chi connectivity index (χ0n) is 19.0. The molecule has 0 saturated heterocycles. The van der Waals surface area contributed by atoms with Gasteiger partial charge in [0.15, 0.2) is 0 Å². The van der Waals surface area contributed by atoms with Crippen LogP contribution in [-0.2, 0) is 20.9 Å². The van der Waals surface area contributed by atoms with Crippen molar-refractivity contribution < 1.29 is 19.1 Å². The first-order valence-electron chi connectivity index (χ1n) is 10.5. The first-order valence-corrected chi connectivity index (χ1v) is 10.9. The van der Waals surface area contributed by atoms with Crippen LogP contribution < -0.4 is 10.6 Å². The summed E-state index contributed by atoms with van der Waals surface area (Å²) < 4.78 is 7.21. The molecule has 3 amide bonds. The van der Waals surface area contributed by atoms with Crippen LogP contribution in [0.15, 0.2) is 60.7 Å². The fourth-order valence-electron chi connectivity index (χ4n) is 3.34. The fraction of sp³-hybridized carbons (Fsp3) is 0.200. The summed E-state index contributed by atoms with van der Waals surface area (Å²) in [6.07, 6.45) is 1.54. The van der Waals surface area contributed by atoms with E-state index < -0.39 is 24.0 Å². The Balaban J connectivity index is 1.77. The molecule has 0 aliphatic heterocycles. The molecule has 0 saturated carbocycles. The number of aromatic nitrogens is 2. The Bertz CT molecular complexity index is 1220. The topological polar surface area (TPSA) is 102 Å². The van der Waals surface area contributed by atoms with E-state index in [1.54, 1.807) is 36.4 Å². The Morgan fingerprint density at radius 1 is 1.09 bits per heavy atom. The number of hydrogen-bond donors (Lipinski definition) is 2. The van der Waals surface area contributed by atoms with Crippen LogP contribution in [0.5, 0.6) is 0 Å². The zero-order chi connectivity index (χ0) is 24.7. The molecule has 1 unspecified atom stereocenters. The number of nitrogens with one attached hydrogen (secondary N) is 2. The molecule has 0 fully saturated rings. The van der Waals surface area contributed by atoms with Gasteiger partial charge in [-0.1, -0.05) is 60.1 Å². The molecule has 9 heteroatoms. The predicted octanol–water partition coefficient (Wildman–Crippen LogP) is 3.95. The van der Waals surface area contributed by atoms with Gasteiger partial charge in [0.1, 0.15) is 0 Å². The van der Waals surface area contributed by atoms with Gasteiger partial charge >= 0.3 is 12.0 Å². The van der Waals surface area contributed by atoms with Gasteiger partial charge in [0, 0.05) is 35.0 Å². The molecule has 2 aromatic carbocycles. The van der Waals surface area contributed by atoms with Crippen LogP contribution in [0.4, 0.5) is 4.79 Å². The first kappa shape index (κ1) is 24.7. The maximum atomic E-state index is 12.6. The second-order valence-corrected chi connectivity index (χ2v) is 7.87. The van der Waals surface area contributed by atoms with Crippen molar-refractivity contribution in [2.24, 2.45) is 0 Å². The van der Waals surface area contributed by atoms with E-state index in [4.69, 9.17) is 16.3 Å². The summed E-state index contributed by atoms with van der Waals surface area (Å²) in [5.41, 5.74) is 3.70. The summed E-state index contributed by atoms with van der Waals surface area (Å²) >= 11 is 6.27. The van der Waals surface area contributed by atoms with Crippen LogP contribution in [0.3, 0.4) is 0 Å². The largest absolute Gasteiger partial charge is 0.444 e. The molecule has 0 radical (unpaired) electrons. The molecule has 0 aliphatic rings. The van der Waals surface area contributed by atoms with Gasteiger partial charge in [0.2, 0.25) is 6.10 Å². The highest BCUT2D eigenvalue weighted by molar-refractivity contribution is 6.31. The summed E-state index contributed by atoms with van der Waals surface area (Å²) in [7, 11) is 1.38. The lowest BCUT2D eigenvalue weighted by Gasteiger charge is -2.16. The molecule has 0 spiro atoms. The number of benzene rings is 2. The second kappa shape index (κ2) is 11.3. The minimum atomic E-state index is -1.29. The van der Waals surface area contributed by atoms with Gasteiger partial charge in [-0.3, -0.25) is 14.8 Å². The number of rotatable bonds is 7. The van der Waals surface area contributed by atoms with Crippen molar-refractivity contribution in [3.63, 3.8) is 0 Å². The van der Waals surface area contributed by atoms with E-state index in [-0.39, 0.29) is 0 Å². The van der Waals surface area contributed by atoms with Gasteiger partial charge < -0.3 is 10.1 Å². The summed E-state index contributed by atoms with van der Waals surface area (Å²) in [6.45, 7) is 4.22. The van der Waals surface area contributed by atoms with Crippen LogP contribution in [0.25, 0.3) is 6.08 Å². The third kappa shape index (κ3) is 6.11. The number of carbonyl (C=O) groups excluding carboxylic acids is 3. The van der Waals surface area contributed by atoms with Gasteiger partial charge in [-0.05, 0) is 31.6 Å². The fourth-order valence-corrected chi connectivity index (χ4v) is 3.54. The normalized spacial score (nSPS) is 11.8. The Kier molecular flexibility index (Phi) is 8.21. The molecule has 0 aliphatic carbocycles. The highest BCUT2D eigenvalue weighted by Crippen LogP contribution is 2.21. The summed E-state index contributed by atoms with van der Waals surface area (Å²) in [4.78, 5) is 36.7. The van der Waals surface area contributed by atoms with E-state index in [0.717, 1.165) is 22.5 Å². The molecule has 8 nitrogen and oxygen atoms in total. The quantitative estimate of drug-likeness (QED) is 0.393. The Morgan fingerprint density at radius 3 is 2.44 bits per heavy atom. The highest BCUT2D eigenvalue weighted by atomic mass is 35.5. The number of ether oxygens (including phenoxy) is 1. The number of nitrogens with zero attached hydrogens (tertiary/aromatic N) is 2. The van der Waals surface area contributed by atoms with E-state index in [9.17, 15) is 14.4 Å². The number of imide groups is 1. The Hall–Kier alpha value is -3.91. The lowest BCUT2D eigenvalue weighted by atomic mass is 10.1. The number of hydrogen-bond acceptors (Lipinski definition) is 5. The third-order valence-electron chi connectivity index (χ3n) is 5.14. The van der Waals surface area contributed by atoms with Crippen molar-refractivity contribution in [2.45, 2.75) is 26.5 Å². The smallest absolute Gasteiger partial charge is 0.331 e. The van der Waals surface area contributed by atoms with Crippen molar-refractivity contribution in [3.8, 4) is 0 Å². The van der Waals surface area contributed by atoms with E-state index in [2.05, 4.69) is 15.7 Å². The lowest BCUT2D eigenvalue weighted by molar-refractivity contribution is -0.151. The van der Waals surface area contributed by atoms with Crippen molar-refractivity contribution in [3.05, 3.63) is 93.8 Å². The molecule has 34 heavy (non-hydrogen) atoms. The standard InChI is InChI=1S/C25H25ClN4O4/c1-16-20(17(2)30(29-16)15-19-11-7-8-12-21(19)26)13-14-22(31)34-23(18-9-5-4-6-10-18)24(32)28-25(33)27-3/h4-14,23H,15H2,1-3H3,(H2,27,28,32,33)/b14-13+. The third-order valence-corrected chi connectivity index (χ3v) is 5.51. The van der Waals surface area contributed by atoms with Crippen LogP contribution in [0, 0.1) is 13.8 Å². The molecule has 3 rings (SSSR count). The Morgan fingerprint density at radius 2 is 1.76 bits per heavy atom. The average molecular weight is 481 g/mol. The summed E-state index contributed by atoms with van der Waals surface area (Å²) in [5.74, 6) is -1.49. The number of aryl methyl sites for hydroxylation is 1. The van der Waals surface area contributed by atoms with E-state index in [1.165, 1.54) is 13.1 Å². The van der Waals surface area contributed by atoms with Gasteiger partial charge in [-0.25, -0.2) is 9.59 Å². The number of amides is 3. The SMILES string of the molecule is CNC(=O)NC(=O)C(OC(=O)/C=C/c1c(C)nn(Cc2ccccc2Cl)c1C)c1ccccc1. The first-order chi connectivity index (χ1) is 16.3. The molecular formula is C25H25ClN4O4. The average Bonchev–Trinajstić information content (AvgIpc) is 3.09. The minimum Gasteiger partial charge on any atom is -0.444 e. The maximum Gasteiger partial charge on any atom is 0.331 e. The van der Waals surface area contributed by atoms with E-state index in [0.29, 0.717) is 17.1 Å². The van der Waals surface area contributed by atoms with Crippen LogP contribution >= 0.6 is 11.6 Å². The van der Waals surface area contributed by atoms with Gasteiger partial charge in [0.25, 0.3) is 5.91 Å². The van der Waals surface area contributed by atoms with E-state index in [1.807, 2.05) is 42.8 Å². The number of urea groups is 1. The second-order valence-electron chi connectivity index (χ2n) is 7.46. The number of esters is 1. The zero-order valence-corrected chi connectivity index (χ0v) is 19.8. The highest BCUT2D eigenvalue weighted by Gasteiger charge is 2.25. The van der Waals surface area contributed by atoms with Crippen LogP contribution in [0.1, 0.15) is 34.2 Å². The van der Waals surface area contributed by atoms with Gasteiger partial charge in [-0.2, -0.15) is 5.10 Å². The molecule has 176 valence electrons. The van der Waals surface area contributed by atoms with Crippen LogP contribution in [-0.4, -0.2) is 34.7 Å². The van der Waals surface area contributed by atoms with Gasteiger partial charge in [-0.15, -0.1) is 0 Å². The lowest BCUT2D eigenvalue weighted by Crippen LogP contribution is -2.41. The molecule has 1 atom stereocenters. The van der Waals surface area contributed by atoms with Crippen LogP contribution in [0.2, 0.25) is 5.02 Å². The van der Waals surface area contributed by atoms with Gasteiger partial charge in [0.05, 0.1) is 12.2 Å².